The molecule has 0 saturated carbocycles. The second-order valence-corrected chi connectivity index (χ2v) is 7.35. The molecule has 0 bridgehead atoms. The average Bonchev–Trinajstić information content (AvgIpc) is 2.89. The van der Waals surface area contributed by atoms with Crippen LogP contribution in [0.3, 0.4) is 0 Å². The minimum absolute atomic E-state index is 0.0954. The van der Waals surface area contributed by atoms with Gasteiger partial charge in [0.1, 0.15) is 5.76 Å². The summed E-state index contributed by atoms with van der Waals surface area (Å²) >= 11 is 5.73. The first-order chi connectivity index (χ1) is 10.4. The Labute approximate surface area is 134 Å². The molecule has 0 aliphatic rings. The van der Waals surface area contributed by atoms with Gasteiger partial charge < -0.3 is 9.73 Å². The smallest absolute Gasteiger partial charge is 0.221 e. The molecule has 118 valence electrons. The first-order valence-corrected chi connectivity index (χ1v) is 8.69. The molecular weight excluding hydrogens is 326 g/mol. The second-order valence-electron chi connectivity index (χ2n) is 4.80. The van der Waals surface area contributed by atoms with Gasteiger partial charge >= 0.3 is 0 Å². The van der Waals surface area contributed by atoms with E-state index in [1.807, 2.05) is 0 Å². The van der Waals surface area contributed by atoms with E-state index in [-0.39, 0.29) is 23.0 Å². The molecule has 1 N–H and O–H groups in total. The van der Waals surface area contributed by atoms with Gasteiger partial charge in [0.15, 0.2) is 9.84 Å². The van der Waals surface area contributed by atoms with Crippen LogP contribution in [-0.4, -0.2) is 20.1 Å². The van der Waals surface area contributed by atoms with Crippen molar-refractivity contribution < 1.29 is 17.6 Å². The number of carbonyl (C=O) groups is 1. The summed E-state index contributed by atoms with van der Waals surface area (Å²) < 4.78 is 29.3. The van der Waals surface area contributed by atoms with E-state index >= 15 is 0 Å². The van der Waals surface area contributed by atoms with Crippen LogP contribution in [0.1, 0.15) is 17.7 Å². The SMILES string of the molecule is Cc1occc1CNC(=O)CCS(=O)(=O)c1ccc(Cl)cc1. The lowest BCUT2D eigenvalue weighted by molar-refractivity contribution is -0.120. The van der Waals surface area contributed by atoms with Crippen molar-refractivity contribution in [3.8, 4) is 0 Å². The third kappa shape index (κ3) is 4.35. The highest BCUT2D eigenvalue weighted by Gasteiger charge is 2.16. The van der Waals surface area contributed by atoms with Gasteiger partial charge in [-0.3, -0.25) is 4.79 Å². The van der Waals surface area contributed by atoms with Gasteiger partial charge in [-0.05, 0) is 37.3 Å². The van der Waals surface area contributed by atoms with Crippen molar-refractivity contribution in [1.29, 1.82) is 0 Å². The topological polar surface area (TPSA) is 76.4 Å². The van der Waals surface area contributed by atoms with E-state index in [0.717, 1.165) is 11.3 Å². The summed E-state index contributed by atoms with van der Waals surface area (Å²) in [5, 5.41) is 3.14. The first kappa shape index (κ1) is 16.6. The molecule has 22 heavy (non-hydrogen) atoms. The molecule has 0 aliphatic heterocycles. The lowest BCUT2D eigenvalue weighted by Crippen LogP contribution is -2.25. The molecule has 1 aromatic heterocycles. The van der Waals surface area contributed by atoms with Crippen molar-refractivity contribution in [1.82, 2.24) is 5.32 Å². The highest BCUT2D eigenvalue weighted by molar-refractivity contribution is 7.91. The van der Waals surface area contributed by atoms with E-state index in [9.17, 15) is 13.2 Å². The summed E-state index contributed by atoms with van der Waals surface area (Å²) in [6, 6.07) is 7.65. The molecular formula is C15H16ClNO4S. The van der Waals surface area contributed by atoms with Crippen LogP contribution < -0.4 is 5.32 Å². The minimum Gasteiger partial charge on any atom is -0.469 e. The first-order valence-electron chi connectivity index (χ1n) is 6.66. The Hall–Kier alpha value is -1.79. The largest absolute Gasteiger partial charge is 0.469 e. The fourth-order valence-corrected chi connectivity index (χ4v) is 3.23. The summed E-state index contributed by atoms with van der Waals surface area (Å²) in [6.45, 7) is 2.12. The number of halogens is 1. The molecule has 1 amide bonds. The quantitative estimate of drug-likeness (QED) is 0.876. The van der Waals surface area contributed by atoms with E-state index in [0.29, 0.717) is 11.6 Å². The fourth-order valence-electron chi connectivity index (χ4n) is 1.86. The third-order valence-electron chi connectivity index (χ3n) is 3.21. The van der Waals surface area contributed by atoms with Gasteiger partial charge in [-0.25, -0.2) is 8.42 Å². The van der Waals surface area contributed by atoms with E-state index in [2.05, 4.69) is 5.32 Å². The molecule has 5 nitrogen and oxygen atoms in total. The Morgan fingerprint density at radius 3 is 2.50 bits per heavy atom. The normalized spacial score (nSPS) is 11.4. The van der Waals surface area contributed by atoms with Crippen molar-refractivity contribution in [2.75, 3.05) is 5.75 Å². The predicted molar refractivity (Wildman–Crippen MR) is 83.4 cm³/mol. The number of benzene rings is 1. The number of rotatable bonds is 6. The summed E-state index contributed by atoms with van der Waals surface area (Å²) in [5.41, 5.74) is 0.869. The zero-order chi connectivity index (χ0) is 16.2. The number of aryl methyl sites for hydroxylation is 1. The Bertz CT molecular complexity index is 750. The lowest BCUT2D eigenvalue weighted by Gasteiger charge is -2.06. The van der Waals surface area contributed by atoms with Crippen LogP contribution in [0.4, 0.5) is 0 Å². The molecule has 2 aromatic rings. The number of nitrogens with one attached hydrogen (secondary N) is 1. The number of amides is 1. The number of carbonyl (C=O) groups excluding carboxylic acids is 1. The number of sulfone groups is 1. The van der Waals surface area contributed by atoms with Crippen LogP contribution in [0.2, 0.25) is 5.02 Å². The van der Waals surface area contributed by atoms with E-state index < -0.39 is 9.84 Å². The van der Waals surface area contributed by atoms with Crippen LogP contribution in [0.25, 0.3) is 0 Å². The molecule has 1 heterocycles. The maximum absolute atomic E-state index is 12.1. The third-order valence-corrected chi connectivity index (χ3v) is 5.20. The summed E-state index contributed by atoms with van der Waals surface area (Å²) in [6.07, 6.45) is 1.45. The Morgan fingerprint density at radius 2 is 1.91 bits per heavy atom. The predicted octanol–water partition coefficient (Wildman–Crippen LogP) is 2.72. The monoisotopic (exact) mass is 341 g/mol. The maximum atomic E-state index is 12.1. The number of hydrogen-bond donors (Lipinski definition) is 1. The Balaban J connectivity index is 1.87. The second kappa shape index (κ2) is 6.98. The van der Waals surface area contributed by atoms with Gasteiger partial charge in [0, 0.05) is 23.6 Å². The maximum Gasteiger partial charge on any atom is 0.221 e. The molecule has 1 aromatic carbocycles. The van der Waals surface area contributed by atoms with Crippen molar-refractivity contribution in [2.45, 2.75) is 24.8 Å². The van der Waals surface area contributed by atoms with Crippen LogP contribution >= 0.6 is 11.6 Å². The molecule has 0 radical (unpaired) electrons. The zero-order valence-electron chi connectivity index (χ0n) is 12.0. The highest BCUT2D eigenvalue weighted by atomic mass is 35.5. The van der Waals surface area contributed by atoms with Crippen LogP contribution in [0, 0.1) is 6.92 Å². The molecule has 0 spiro atoms. The fraction of sp³-hybridized carbons (Fsp3) is 0.267. The summed E-state index contributed by atoms with van der Waals surface area (Å²) in [4.78, 5) is 11.9. The molecule has 0 atom stereocenters. The zero-order valence-corrected chi connectivity index (χ0v) is 13.6. The van der Waals surface area contributed by atoms with E-state index in [4.69, 9.17) is 16.0 Å². The standard InChI is InChI=1S/C15H16ClNO4S/c1-11-12(6-8-21-11)10-17-15(18)7-9-22(19,20)14-4-2-13(16)3-5-14/h2-6,8H,7,9-10H2,1H3,(H,17,18). The molecule has 7 heteroatoms. The highest BCUT2D eigenvalue weighted by Crippen LogP contribution is 2.16. The van der Waals surface area contributed by atoms with Crippen LogP contribution in [0.15, 0.2) is 45.9 Å². The van der Waals surface area contributed by atoms with Crippen molar-refractivity contribution in [3.63, 3.8) is 0 Å². The summed E-state index contributed by atoms with van der Waals surface area (Å²) in [5.74, 6) is 0.164. The van der Waals surface area contributed by atoms with Crippen molar-refractivity contribution >= 4 is 27.3 Å². The molecule has 0 fully saturated rings. The molecule has 0 saturated heterocycles. The Kier molecular flexibility index (Phi) is 5.26. The molecule has 2 rings (SSSR count). The summed E-state index contributed by atoms with van der Waals surface area (Å²) in [7, 11) is -3.49. The van der Waals surface area contributed by atoms with Crippen LogP contribution in [0.5, 0.6) is 0 Å². The average molecular weight is 342 g/mol. The van der Waals surface area contributed by atoms with Gasteiger partial charge in [-0.15, -0.1) is 0 Å². The van der Waals surface area contributed by atoms with Gasteiger partial charge in [0.05, 0.1) is 16.9 Å². The minimum atomic E-state index is -3.49. The van der Waals surface area contributed by atoms with E-state index in [1.54, 1.807) is 19.3 Å². The van der Waals surface area contributed by atoms with Gasteiger partial charge in [0.2, 0.25) is 5.91 Å². The number of furan rings is 1. The van der Waals surface area contributed by atoms with Gasteiger partial charge in [-0.1, -0.05) is 11.6 Å². The van der Waals surface area contributed by atoms with Gasteiger partial charge in [-0.2, -0.15) is 0 Å². The van der Waals surface area contributed by atoms with Gasteiger partial charge in [0.25, 0.3) is 0 Å². The van der Waals surface area contributed by atoms with Crippen molar-refractivity contribution in [2.24, 2.45) is 0 Å². The number of hydrogen-bond acceptors (Lipinski definition) is 4. The lowest BCUT2D eigenvalue weighted by atomic mass is 10.2. The molecule has 0 aliphatic carbocycles. The molecule has 0 unspecified atom stereocenters. The van der Waals surface area contributed by atoms with Crippen LogP contribution in [-0.2, 0) is 21.2 Å². The van der Waals surface area contributed by atoms with E-state index in [1.165, 1.54) is 24.3 Å². The Morgan fingerprint density at radius 1 is 1.23 bits per heavy atom. The van der Waals surface area contributed by atoms with Crippen molar-refractivity contribution in [3.05, 3.63) is 52.9 Å².